The van der Waals surface area contributed by atoms with E-state index in [-0.39, 0.29) is 0 Å². The molecule has 0 saturated heterocycles. The maximum atomic E-state index is 9.11. The maximum absolute atomic E-state index is 9.11. The van der Waals surface area contributed by atoms with E-state index in [0.717, 1.165) is 28.8 Å². The summed E-state index contributed by atoms with van der Waals surface area (Å²) in [6, 6.07) is 15.3. The van der Waals surface area contributed by atoms with E-state index in [1.165, 1.54) is 0 Å². The van der Waals surface area contributed by atoms with Gasteiger partial charge in [0.25, 0.3) is 0 Å². The molecule has 106 valence electrons. The fraction of sp³-hybridized carbons (Fsp3) is 0.125. The summed E-state index contributed by atoms with van der Waals surface area (Å²) in [6.07, 6.45) is 2.03. The van der Waals surface area contributed by atoms with E-state index < -0.39 is 7.12 Å². The van der Waals surface area contributed by atoms with Crippen LogP contribution in [0, 0.1) is 0 Å². The van der Waals surface area contributed by atoms with Gasteiger partial charge in [0.1, 0.15) is 5.75 Å². The van der Waals surface area contributed by atoms with Gasteiger partial charge in [0.05, 0.1) is 12.6 Å². The number of ether oxygens (including phenoxy) is 1. The molecule has 2 N–H and O–H groups in total. The molecule has 3 rings (SSSR count). The standard InChI is InChI=1S/C16H16BNO3/c1-21-16-4-2-3-15-14(16)9-10-18(15)11-12-5-7-13(8-6-12)17(19)20/h2-10,19-20H,11H2,1H3. The van der Waals surface area contributed by atoms with Crippen molar-refractivity contribution >= 4 is 23.5 Å². The fourth-order valence-electron chi connectivity index (χ4n) is 2.50. The van der Waals surface area contributed by atoms with Crippen molar-refractivity contribution in [3.63, 3.8) is 0 Å². The summed E-state index contributed by atoms with van der Waals surface area (Å²) in [5.74, 6) is 0.866. The number of aromatic nitrogens is 1. The minimum atomic E-state index is -1.42. The average Bonchev–Trinajstić information content (AvgIpc) is 2.91. The Balaban J connectivity index is 1.91. The van der Waals surface area contributed by atoms with E-state index in [2.05, 4.69) is 10.6 Å². The van der Waals surface area contributed by atoms with Crippen molar-refractivity contribution in [1.82, 2.24) is 4.57 Å². The minimum Gasteiger partial charge on any atom is -0.496 e. The molecular formula is C16H16BNO3. The van der Waals surface area contributed by atoms with Crippen LogP contribution < -0.4 is 10.2 Å². The van der Waals surface area contributed by atoms with E-state index in [4.69, 9.17) is 14.8 Å². The van der Waals surface area contributed by atoms with Crippen LogP contribution in [0.15, 0.2) is 54.7 Å². The predicted octanol–water partition coefficient (Wildman–Crippen LogP) is 1.38. The molecule has 3 aromatic rings. The van der Waals surface area contributed by atoms with E-state index in [1.807, 2.05) is 36.5 Å². The van der Waals surface area contributed by atoms with Crippen molar-refractivity contribution in [2.75, 3.05) is 7.11 Å². The second-order valence-electron chi connectivity index (χ2n) is 4.95. The molecule has 0 amide bonds. The van der Waals surface area contributed by atoms with Gasteiger partial charge in [-0.1, -0.05) is 30.3 Å². The second-order valence-corrected chi connectivity index (χ2v) is 4.95. The molecule has 0 aliphatic carbocycles. The Bertz CT molecular complexity index is 750. The van der Waals surface area contributed by atoms with Crippen molar-refractivity contribution < 1.29 is 14.8 Å². The van der Waals surface area contributed by atoms with Gasteiger partial charge in [-0.05, 0) is 29.2 Å². The first-order valence-corrected chi connectivity index (χ1v) is 6.76. The van der Waals surface area contributed by atoms with E-state index in [9.17, 15) is 0 Å². The van der Waals surface area contributed by atoms with E-state index in [0.29, 0.717) is 5.46 Å². The summed E-state index contributed by atoms with van der Waals surface area (Å²) in [6.45, 7) is 0.721. The molecule has 0 aliphatic rings. The maximum Gasteiger partial charge on any atom is 0.488 e. The second kappa shape index (κ2) is 5.64. The molecule has 1 heterocycles. The largest absolute Gasteiger partial charge is 0.496 e. The van der Waals surface area contributed by atoms with Gasteiger partial charge in [-0.3, -0.25) is 0 Å². The predicted molar refractivity (Wildman–Crippen MR) is 83.9 cm³/mol. The Morgan fingerprint density at radius 1 is 1.05 bits per heavy atom. The SMILES string of the molecule is COc1cccc2c1ccn2Cc1ccc(B(O)O)cc1. The molecule has 1 aromatic heterocycles. The van der Waals surface area contributed by atoms with Crippen LogP contribution in [0.4, 0.5) is 0 Å². The molecule has 0 fully saturated rings. The highest BCUT2D eigenvalue weighted by molar-refractivity contribution is 6.58. The first-order chi connectivity index (χ1) is 10.2. The third-order valence-corrected chi connectivity index (χ3v) is 3.62. The minimum absolute atomic E-state index is 0.498. The number of hydrogen-bond acceptors (Lipinski definition) is 3. The Hall–Kier alpha value is -2.24. The van der Waals surface area contributed by atoms with Crippen LogP contribution in [0.3, 0.4) is 0 Å². The summed E-state index contributed by atoms with van der Waals surface area (Å²) < 4.78 is 7.51. The number of fused-ring (bicyclic) bond motifs is 1. The van der Waals surface area contributed by atoms with Gasteiger partial charge in [0.2, 0.25) is 0 Å². The Morgan fingerprint density at radius 2 is 1.81 bits per heavy atom. The zero-order valence-corrected chi connectivity index (χ0v) is 11.7. The molecule has 0 radical (unpaired) electrons. The molecule has 2 aromatic carbocycles. The topological polar surface area (TPSA) is 54.6 Å². The lowest BCUT2D eigenvalue weighted by atomic mass is 9.80. The number of methoxy groups -OCH3 is 1. The summed E-state index contributed by atoms with van der Waals surface area (Å²) in [5, 5.41) is 19.3. The van der Waals surface area contributed by atoms with Crippen molar-refractivity contribution in [1.29, 1.82) is 0 Å². The molecule has 21 heavy (non-hydrogen) atoms. The third-order valence-electron chi connectivity index (χ3n) is 3.62. The quantitative estimate of drug-likeness (QED) is 0.710. The lowest BCUT2D eigenvalue weighted by Crippen LogP contribution is -2.29. The van der Waals surface area contributed by atoms with Crippen molar-refractivity contribution in [2.45, 2.75) is 6.54 Å². The number of hydrogen-bond donors (Lipinski definition) is 2. The molecule has 0 unspecified atom stereocenters. The van der Waals surface area contributed by atoms with Gasteiger partial charge in [-0.15, -0.1) is 0 Å². The van der Waals surface area contributed by atoms with Gasteiger partial charge in [-0.25, -0.2) is 0 Å². The fourth-order valence-corrected chi connectivity index (χ4v) is 2.50. The van der Waals surface area contributed by atoms with Gasteiger partial charge in [-0.2, -0.15) is 0 Å². The Morgan fingerprint density at radius 3 is 2.48 bits per heavy atom. The van der Waals surface area contributed by atoms with Crippen LogP contribution in [-0.2, 0) is 6.54 Å². The molecule has 4 nitrogen and oxygen atoms in total. The van der Waals surface area contributed by atoms with Crippen LogP contribution >= 0.6 is 0 Å². The number of rotatable bonds is 4. The van der Waals surface area contributed by atoms with Crippen LogP contribution in [0.25, 0.3) is 10.9 Å². The lowest BCUT2D eigenvalue weighted by Gasteiger charge is -2.08. The highest BCUT2D eigenvalue weighted by atomic mass is 16.5. The van der Waals surface area contributed by atoms with E-state index >= 15 is 0 Å². The zero-order valence-electron chi connectivity index (χ0n) is 11.7. The van der Waals surface area contributed by atoms with Crippen molar-refractivity contribution in [3.8, 4) is 5.75 Å². The van der Waals surface area contributed by atoms with Gasteiger partial charge < -0.3 is 19.4 Å². The first kappa shape index (κ1) is 13.7. The molecule has 0 aliphatic heterocycles. The normalized spacial score (nSPS) is 10.8. The summed E-state index contributed by atoms with van der Waals surface area (Å²) in [4.78, 5) is 0. The molecule has 0 spiro atoms. The molecular weight excluding hydrogens is 265 g/mol. The summed E-state index contributed by atoms with van der Waals surface area (Å²) >= 11 is 0. The van der Waals surface area contributed by atoms with Crippen LogP contribution in [0.2, 0.25) is 0 Å². The van der Waals surface area contributed by atoms with Crippen LogP contribution in [-0.4, -0.2) is 28.8 Å². The Labute approximate surface area is 123 Å². The molecule has 0 bridgehead atoms. The van der Waals surface area contributed by atoms with Crippen LogP contribution in [0.1, 0.15) is 5.56 Å². The monoisotopic (exact) mass is 281 g/mol. The van der Waals surface area contributed by atoms with Crippen LogP contribution in [0.5, 0.6) is 5.75 Å². The summed E-state index contributed by atoms with van der Waals surface area (Å²) in [7, 11) is 0.251. The highest BCUT2D eigenvalue weighted by Crippen LogP contribution is 2.26. The Kier molecular flexibility index (Phi) is 3.69. The van der Waals surface area contributed by atoms with Crippen molar-refractivity contribution in [2.24, 2.45) is 0 Å². The molecule has 5 heteroatoms. The average molecular weight is 281 g/mol. The smallest absolute Gasteiger partial charge is 0.488 e. The first-order valence-electron chi connectivity index (χ1n) is 6.76. The zero-order chi connectivity index (χ0) is 14.8. The van der Waals surface area contributed by atoms with Crippen molar-refractivity contribution in [3.05, 3.63) is 60.3 Å². The van der Waals surface area contributed by atoms with Gasteiger partial charge in [0.15, 0.2) is 0 Å². The van der Waals surface area contributed by atoms with Gasteiger partial charge in [0, 0.05) is 18.1 Å². The molecule has 0 saturated carbocycles. The number of benzene rings is 2. The van der Waals surface area contributed by atoms with Gasteiger partial charge >= 0.3 is 7.12 Å². The summed E-state index contributed by atoms with van der Waals surface area (Å²) in [5.41, 5.74) is 2.71. The van der Waals surface area contributed by atoms with E-state index in [1.54, 1.807) is 19.2 Å². The third kappa shape index (κ3) is 2.66. The highest BCUT2D eigenvalue weighted by Gasteiger charge is 2.10. The number of nitrogens with zero attached hydrogens (tertiary/aromatic N) is 1. The lowest BCUT2D eigenvalue weighted by molar-refractivity contribution is 0.420. The molecule has 0 atom stereocenters.